The van der Waals surface area contributed by atoms with Crippen molar-refractivity contribution in [2.45, 2.75) is 25.1 Å². The predicted octanol–water partition coefficient (Wildman–Crippen LogP) is 2.89. The quantitative estimate of drug-likeness (QED) is 0.777. The molecule has 0 saturated heterocycles. The summed E-state index contributed by atoms with van der Waals surface area (Å²) in [7, 11) is 0. The average Bonchev–Trinajstić information content (AvgIpc) is 2.79. The van der Waals surface area contributed by atoms with Gasteiger partial charge in [-0.3, -0.25) is 4.79 Å². The van der Waals surface area contributed by atoms with Crippen LogP contribution in [0.15, 0.2) is 24.4 Å². The largest absolute Gasteiger partial charge is 0.480 e. The van der Waals surface area contributed by atoms with E-state index in [0.717, 1.165) is 0 Å². The fourth-order valence-electron chi connectivity index (χ4n) is 2.15. The summed E-state index contributed by atoms with van der Waals surface area (Å²) >= 11 is 5.87. The molecule has 0 saturated carbocycles. The van der Waals surface area contributed by atoms with E-state index in [-0.39, 0.29) is 6.42 Å². The second-order valence-corrected chi connectivity index (χ2v) is 5.39. The van der Waals surface area contributed by atoms with Crippen LogP contribution < -0.4 is 5.32 Å². The molecule has 0 bridgehead atoms. The third-order valence-corrected chi connectivity index (χ3v) is 3.38. The van der Waals surface area contributed by atoms with Crippen LogP contribution in [-0.2, 0) is 16.0 Å². The van der Waals surface area contributed by atoms with Gasteiger partial charge in [0.1, 0.15) is 6.04 Å². The van der Waals surface area contributed by atoms with E-state index < -0.39 is 30.5 Å². The van der Waals surface area contributed by atoms with Crippen LogP contribution in [0, 0.1) is 0 Å². The van der Waals surface area contributed by atoms with Crippen LogP contribution in [-0.4, -0.2) is 34.2 Å². The monoisotopic (exact) mass is 348 g/mol. The zero-order valence-electron chi connectivity index (χ0n) is 11.6. The lowest BCUT2D eigenvalue weighted by Crippen LogP contribution is -2.44. The molecule has 1 amide bonds. The van der Waals surface area contributed by atoms with Crippen molar-refractivity contribution in [2.24, 2.45) is 0 Å². The Kier molecular flexibility index (Phi) is 4.84. The summed E-state index contributed by atoms with van der Waals surface area (Å²) in [5.74, 6) is -2.56. The van der Waals surface area contributed by atoms with Crippen molar-refractivity contribution < 1.29 is 27.9 Å². The molecule has 0 spiro atoms. The number of amides is 1. The number of carbonyl (C=O) groups excluding carboxylic acids is 1. The van der Waals surface area contributed by atoms with Gasteiger partial charge < -0.3 is 15.4 Å². The van der Waals surface area contributed by atoms with E-state index in [9.17, 15) is 22.8 Å². The van der Waals surface area contributed by atoms with E-state index in [4.69, 9.17) is 16.7 Å². The maximum atomic E-state index is 12.3. The first-order valence-electron chi connectivity index (χ1n) is 6.50. The van der Waals surface area contributed by atoms with E-state index in [1.807, 2.05) is 5.32 Å². The molecular formula is C14H12ClF3N2O3. The smallest absolute Gasteiger partial charge is 0.391 e. The van der Waals surface area contributed by atoms with Crippen LogP contribution in [0.2, 0.25) is 5.02 Å². The zero-order valence-corrected chi connectivity index (χ0v) is 12.3. The number of carboxylic acids is 1. The lowest BCUT2D eigenvalue weighted by molar-refractivity contribution is -0.159. The summed E-state index contributed by atoms with van der Waals surface area (Å²) in [5, 5.41) is 11.8. The topological polar surface area (TPSA) is 82.2 Å². The molecule has 2 aromatic rings. The summed E-state index contributed by atoms with van der Waals surface area (Å²) < 4.78 is 36.9. The number of hydrogen-bond donors (Lipinski definition) is 3. The van der Waals surface area contributed by atoms with Crippen LogP contribution >= 0.6 is 11.6 Å². The van der Waals surface area contributed by atoms with Crippen LogP contribution in [0.3, 0.4) is 0 Å². The zero-order chi connectivity index (χ0) is 17.2. The number of nitrogens with one attached hydrogen (secondary N) is 2. The van der Waals surface area contributed by atoms with Gasteiger partial charge in [-0.05, 0) is 23.8 Å². The van der Waals surface area contributed by atoms with Crippen LogP contribution in [0.1, 0.15) is 12.0 Å². The number of halogens is 4. The van der Waals surface area contributed by atoms with Gasteiger partial charge in [0.15, 0.2) is 0 Å². The Bertz CT molecular complexity index is 742. The van der Waals surface area contributed by atoms with Crippen molar-refractivity contribution in [1.29, 1.82) is 0 Å². The standard InChI is InChI=1S/C14H12ClF3N2O3/c15-8-1-2-10-9(4-8)7(6-19-10)3-12(21)20-11(13(22)23)5-14(16,17)18/h1-2,4,6,11,19H,3,5H2,(H,20,21)(H,22,23). The molecule has 23 heavy (non-hydrogen) atoms. The number of aliphatic carboxylic acids is 1. The molecule has 5 nitrogen and oxygen atoms in total. The average molecular weight is 349 g/mol. The number of carboxylic acid groups (broad SMARTS) is 1. The highest BCUT2D eigenvalue weighted by Crippen LogP contribution is 2.24. The summed E-state index contributed by atoms with van der Waals surface area (Å²) in [4.78, 5) is 25.6. The van der Waals surface area contributed by atoms with Gasteiger partial charge in [0.25, 0.3) is 0 Å². The minimum atomic E-state index is -4.69. The molecule has 1 aromatic heterocycles. The molecule has 2 rings (SSSR count). The number of fused-ring (bicyclic) bond motifs is 1. The van der Waals surface area contributed by atoms with Crippen molar-refractivity contribution in [3.8, 4) is 0 Å². The van der Waals surface area contributed by atoms with Gasteiger partial charge in [0.2, 0.25) is 5.91 Å². The summed E-state index contributed by atoms with van der Waals surface area (Å²) in [6, 6.07) is 2.94. The molecule has 0 aliphatic carbocycles. The number of carbonyl (C=O) groups is 2. The number of hydrogen-bond acceptors (Lipinski definition) is 2. The molecule has 1 aromatic carbocycles. The molecule has 1 unspecified atom stereocenters. The SMILES string of the molecule is O=C(Cc1c[nH]c2ccc(Cl)cc12)NC(CC(F)(F)F)C(=O)O. The Balaban J connectivity index is 2.11. The minimum absolute atomic E-state index is 0.262. The van der Waals surface area contributed by atoms with Gasteiger partial charge in [0, 0.05) is 22.1 Å². The predicted molar refractivity (Wildman–Crippen MR) is 77.3 cm³/mol. The first kappa shape index (κ1) is 17.1. The van der Waals surface area contributed by atoms with E-state index in [1.165, 1.54) is 6.20 Å². The lowest BCUT2D eigenvalue weighted by atomic mass is 10.1. The first-order valence-corrected chi connectivity index (χ1v) is 6.88. The Hall–Kier alpha value is -2.22. The van der Waals surface area contributed by atoms with Crippen LogP contribution in [0.25, 0.3) is 10.9 Å². The number of aromatic amines is 1. The van der Waals surface area contributed by atoms with Crippen molar-refractivity contribution in [1.82, 2.24) is 10.3 Å². The number of H-pyrrole nitrogens is 1. The van der Waals surface area contributed by atoms with Gasteiger partial charge in [-0.25, -0.2) is 4.79 Å². The Morgan fingerprint density at radius 1 is 1.35 bits per heavy atom. The highest BCUT2D eigenvalue weighted by atomic mass is 35.5. The number of alkyl halides is 3. The summed E-state index contributed by atoms with van der Waals surface area (Å²) in [6.07, 6.45) is -5.06. The van der Waals surface area contributed by atoms with E-state index >= 15 is 0 Å². The molecule has 124 valence electrons. The Morgan fingerprint density at radius 3 is 2.65 bits per heavy atom. The maximum Gasteiger partial charge on any atom is 0.391 e. The molecule has 1 heterocycles. The molecule has 1 atom stereocenters. The van der Waals surface area contributed by atoms with Gasteiger partial charge in [-0.1, -0.05) is 11.6 Å². The number of aromatic nitrogens is 1. The fraction of sp³-hybridized carbons (Fsp3) is 0.286. The second kappa shape index (κ2) is 6.49. The molecule has 9 heteroatoms. The van der Waals surface area contributed by atoms with Gasteiger partial charge in [-0.2, -0.15) is 13.2 Å². The number of benzene rings is 1. The Labute approximate surface area is 133 Å². The van der Waals surface area contributed by atoms with Crippen molar-refractivity contribution in [3.63, 3.8) is 0 Å². The Morgan fingerprint density at radius 2 is 2.04 bits per heavy atom. The van der Waals surface area contributed by atoms with Crippen molar-refractivity contribution >= 4 is 34.4 Å². The third kappa shape index (κ3) is 4.62. The van der Waals surface area contributed by atoms with Crippen molar-refractivity contribution in [3.05, 3.63) is 35.0 Å². The number of rotatable bonds is 5. The molecule has 3 N–H and O–H groups in total. The normalized spacial score (nSPS) is 13.0. The van der Waals surface area contributed by atoms with Gasteiger partial charge >= 0.3 is 12.1 Å². The van der Waals surface area contributed by atoms with E-state index in [2.05, 4.69) is 4.98 Å². The fourth-order valence-corrected chi connectivity index (χ4v) is 2.32. The van der Waals surface area contributed by atoms with Gasteiger partial charge in [0.05, 0.1) is 12.8 Å². The molecule has 0 radical (unpaired) electrons. The molecular weight excluding hydrogens is 337 g/mol. The van der Waals surface area contributed by atoms with Crippen LogP contribution in [0.4, 0.5) is 13.2 Å². The highest BCUT2D eigenvalue weighted by Gasteiger charge is 2.36. The molecule has 0 aliphatic heterocycles. The third-order valence-electron chi connectivity index (χ3n) is 3.15. The van der Waals surface area contributed by atoms with E-state index in [1.54, 1.807) is 18.2 Å². The molecule has 0 aliphatic rings. The minimum Gasteiger partial charge on any atom is -0.480 e. The molecule has 0 fully saturated rings. The maximum absolute atomic E-state index is 12.3. The van der Waals surface area contributed by atoms with Crippen LogP contribution in [0.5, 0.6) is 0 Å². The van der Waals surface area contributed by atoms with Crippen molar-refractivity contribution in [2.75, 3.05) is 0 Å². The second-order valence-electron chi connectivity index (χ2n) is 4.96. The van der Waals surface area contributed by atoms with Gasteiger partial charge in [-0.15, -0.1) is 0 Å². The highest BCUT2D eigenvalue weighted by molar-refractivity contribution is 6.31. The summed E-state index contributed by atoms with van der Waals surface area (Å²) in [6.45, 7) is 0. The first-order chi connectivity index (χ1) is 10.7. The lowest BCUT2D eigenvalue weighted by Gasteiger charge is -2.16. The van der Waals surface area contributed by atoms with E-state index in [0.29, 0.717) is 21.5 Å². The summed E-state index contributed by atoms with van der Waals surface area (Å²) in [5.41, 5.74) is 1.22.